The Morgan fingerprint density at radius 1 is 1.03 bits per heavy atom. The van der Waals surface area contributed by atoms with Gasteiger partial charge in [0.05, 0.1) is 10.9 Å². The van der Waals surface area contributed by atoms with Crippen LogP contribution in [0.25, 0.3) is 11.0 Å². The van der Waals surface area contributed by atoms with Crippen molar-refractivity contribution in [2.24, 2.45) is 14.1 Å². The van der Waals surface area contributed by atoms with Crippen molar-refractivity contribution in [2.45, 2.75) is 20.4 Å². The lowest BCUT2D eigenvalue weighted by Crippen LogP contribution is -2.37. The van der Waals surface area contributed by atoms with Crippen molar-refractivity contribution >= 4 is 22.6 Å². The van der Waals surface area contributed by atoms with Crippen LogP contribution in [0.1, 0.15) is 29.8 Å². The van der Waals surface area contributed by atoms with Gasteiger partial charge in [-0.25, -0.2) is 9.78 Å². The molecule has 0 radical (unpaired) electrons. The number of nitrogens with zero attached hydrogens (tertiary/aromatic N) is 5. The minimum Gasteiger partial charge on any atom is -0.372 e. The minimum atomic E-state index is -0.468. The molecule has 0 unspecified atom stereocenters. The molecule has 0 saturated carbocycles. The van der Waals surface area contributed by atoms with Crippen LogP contribution in [0.2, 0.25) is 0 Å². The van der Waals surface area contributed by atoms with Crippen molar-refractivity contribution in [1.29, 1.82) is 0 Å². The zero-order chi connectivity index (χ0) is 22.0. The van der Waals surface area contributed by atoms with Gasteiger partial charge in [0.25, 0.3) is 11.5 Å². The van der Waals surface area contributed by atoms with E-state index in [1.54, 1.807) is 19.0 Å². The highest BCUT2D eigenvalue weighted by atomic mass is 16.2. The monoisotopic (exact) mass is 409 g/mol. The lowest BCUT2D eigenvalue weighted by atomic mass is 10.1. The molecule has 1 aromatic carbocycles. The highest BCUT2D eigenvalue weighted by Gasteiger charge is 2.16. The van der Waals surface area contributed by atoms with Gasteiger partial charge in [-0.2, -0.15) is 0 Å². The number of pyridine rings is 1. The number of hydrogen-bond acceptors (Lipinski definition) is 5. The molecule has 3 aromatic rings. The Hall–Kier alpha value is -3.42. The average molecular weight is 409 g/mol. The number of hydrogen-bond donors (Lipinski definition) is 0. The molecule has 1 amide bonds. The van der Waals surface area contributed by atoms with Crippen LogP contribution in [-0.4, -0.2) is 45.1 Å². The molecule has 2 aromatic heterocycles. The van der Waals surface area contributed by atoms with Gasteiger partial charge in [-0.1, -0.05) is 12.1 Å². The number of anilines is 1. The fraction of sp³-hybridized carbons (Fsp3) is 0.364. The van der Waals surface area contributed by atoms with Gasteiger partial charge in [-0.3, -0.25) is 18.7 Å². The molecule has 8 nitrogen and oxygen atoms in total. The molecule has 0 saturated heterocycles. The maximum absolute atomic E-state index is 12.9. The zero-order valence-corrected chi connectivity index (χ0v) is 18.0. The summed E-state index contributed by atoms with van der Waals surface area (Å²) >= 11 is 0. The molecule has 30 heavy (non-hydrogen) atoms. The summed E-state index contributed by atoms with van der Waals surface area (Å²) in [5.41, 5.74) is 1.80. The van der Waals surface area contributed by atoms with E-state index in [1.165, 1.54) is 23.9 Å². The number of aryl methyl sites for hydroxylation is 1. The summed E-state index contributed by atoms with van der Waals surface area (Å²) in [4.78, 5) is 45.5. The summed E-state index contributed by atoms with van der Waals surface area (Å²) in [5, 5.41) is 0.238. The second-order valence-electron chi connectivity index (χ2n) is 7.30. The number of carbonyl (C=O) groups excluding carboxylic acids is 1. The Morgan fingerprint density at radius 3 is 2.27 bits per heavy atom. The lowest BCUT2D eigenvalue weighted by molar-refractivity contribution is 0.0785. The third-order valence-electron chi connectivity index (χ3n) is 5.37. The third kappa shape index (κ3) is 3.85. The molecular weight excluding hydrogens is 382 g/mol. The molecule has 0 aliphatic carbocycles. The minimum absolute atomic E-state index is 0.238. The molecule has 2 heterocycles. The molecular formula is C22H27N5O3. The standard InChI is InChI=1S/C22H27N5O3/c1-6-27(7-2)17-10-8-15(9-11-17)14-24(3)20(28)16-12-18-19(23-13-16)25(4)22(30)26(5)21(18)29/h8-13H,6-7,14H2,1-5H3. The van der Waals surface area contributed by atoms with Gasteiger partial charge in [0.2, 0.25) is 0 Å². The van der Waals surface area contributed by atoms with Gasteiger partial charge in [-0.15, -0.1) is 0 Å². The Bertz CT molecular complexity index is 1190. The number of carbonyl (C=O) groups is 1. The van der Waals surface area contributed by atoms with E-state index in [0.717, 1.165) is 28.9 Å². The Balaban J connectivity index is 1.85. The van der Waals surface area contributed by atoms with E-state index in [1.807, 2.05) is 12.1 Å². The van der Waals surface area contributed by atoms with Crippen LogP contribution in [0.5, 0.6) is 0 Å². The summed E-state index contributed by atoms with van der Waals surface area (Å²) in [6, 6.07) is 9.65. The SMILES string of the molecule is CCN(CC)c1ccc(CN(C)C(=O)c2cnc3c(c2)c(=O)n(C)c(=O)n3C)cc1. The molecule has 158 valence electrons. The average Bonchev–Trinajstić information content (AvgIpc) is 2.77. The van der Waals surface area contributed by atoms with Crippen molar-refractivity contribution in [2.75, 3.05) is 25.0 Å². The molecule has 0 atom stereocenters. The van der Waals surface area contributed by atoms with E-state index in [2.05, 4.69) is 35.9 Å². The molecule has 0 spiro atoms. The first-order chi connectivity index (χ1) is 14.3. The van der Waals surface area contributed by atoms with Gasteiger partial charge in [-0.05, 0) is 37.6 Å². The maximum atomic E-state index is 12.9. The summed E-state index contributed by atoms with van der Waals surface area (Å²) < 4.78 is 2.31. The van der Waals surface area contributed by atoms with Crippen LogP contribution in [0.3, 0.4) is 0 Å². The van der Waals surface area contributed by atoms with E-state index in [9.17, 15) is 14.4 Å². The van der Waals surface area contributed by atoms with Gasteiger partial charge < -0.3 is 9.80 Å². The molecule has 3 rings (SSSR count). The number of rotatable bonds is 6. The molecule has 0 aliphatic heterocycles. The summed E-state index contributed by atoms with van der Waals surface area (Å²) in [6.45, 7) is 6.54. The summed E-state index contributed by atoms with van der Waals surface area (Å²) in [7, 11) is 4.67. The maximum Gasteiger partial charge on any atom is 0.332 e. The van der Waals surface area contributed by atoms with Gasteiger partial charge in [0, 0.05) is 52.7 Å². The number of amides is 1. The number of benzene rings is 1. The van der Waals surface area contributed by atoms with Crippen LogP contribution < -0.4 is 16.1 Å². The van der Waals surface area contributed by atoms with Crippen molar-refractivity contribution in [3.05, 3.63) is 68.5 Å². The third-order valence-corrected chi connectivity index (χ3v) is 5.37. The second kappa shape index (κ2) is 8.52. The fourth-order valence-electron chi connectivity index (χ4n) is 3.55. The van der Waals surface area contributed by atoms with Crippen molar-refractivity contribution in [1.82, 2.24) is 19.0 Å². The van der Waals surface area contributed by atoms with Gasteiger partial charge in [0.1, 0.15) is 5.65 Å². The summed E-state index contributed by atoms with van der Waals surface area (Å²) in [6.07, 6.45) is 1.41. The van der Waals surface area contributed by atoms with E-state index < -0.39 is 11.2 Å². The first-order valence-electron chi connectivity index (χ1n) is 9.93. The van der Waals surface area contributed by atoms with Gasteiger partial charge >= 0.3 is 5.69 Å². The van der Waals surface area contributed by atoms with Gasteiger partial charge in [0.15, 0.2) is 0 Å². The van der Waals surface area contributed by atoms with Crippen LogP contribution in [-0.2, 0) is 20.6 Å². The van der Waals surface area contributed by atoms with Crippen molar-refractivity contribution in [3.63, 3.8) is 0 Å². The predicted octanol–water partition coefficient (Wildman–Crippen LogP) is 1.75. The highest BCUT2D eigenvalue weighted by molar-refractivity contribution is 5.96. The summed E-state index contributed by atoms with van der Waals surface area (Å²) in [5.74, 6) is -0.242. The highest BCUT2D eigenvalue weighted by Crippen LogP contribution is 2.17. The molecule has 0 fully saturated rings. The van der Waals surface area contributed by atoms with Crippen molar-refractivity contribution in [3.8, 4) is 0 Å². The quantitative estimate of drug-likeness (QED) is 0.620. The predicted molar refractivity (Wildman–Crippen MR) is 118 cm³/mol. The first-order valence-corrected chi connectivity index (χ1v) is 9.93. The van der Waals surface area contributed by atoms with E-state index in [-0.39, 0.29) is 16.9 Å². The smallest absolute Gasteiger partial charge is 0.332 e. The van der Waals surface area contributed by atoms with Crippen LogP contribution in [0, 0.1) is 0 Å². The largest absolute Gasteiger partial charge is 0.372 e. The molecule has 0 N–H and O–H groups in total. The number of aromatic nitrogens is 3. The normalized spacial score (nSPS) is 11.0. The van der Waals surface area contributed by atoms with Crippen LogP contribution in [0.4, 0.5) is 5.69 Å². The van der Waals surface area contributed by atoms with E-state index in [4.69, 9.17) is 0 Å². The Kier molecular flexibility index (Phi) is 6.05. The van der Waals surface area contributed by atoms with Crippen LogP contribution in [0.15, 0.2) is 46.1 Å². The van der Waals surface area contributed by atoms with E-state index in [0.29, 0.717) is 12.1 Å². The zero-order valence-electron chi connectivity index (χ0n) is 18.0. The molecule has 0 bridgehead atoms. The fourth-order valence-corrected chi connectivity index (χ4v) is 3.55. The van der Waals surface area contributed by atoms with Crippen LogP contribution >= 0.6 is 0 Å². The molecule has 0 aliphatic rings. The topological polar surface area (TPSA) is 80.4 Å². The van der Waals surface area contributed by atoms with E-state index >= 15 is 0 Å². The Labute approximate surface area is 175 Å². The lowest BCUT2D eigenvalue weighted by Gasteiger charge is -2.22. The Morgan fingerprint density at radius 2 is 1.67 bits per heavy atom. The number of fused-ring (bicyclic) bond motifs is 1. The second-order valence-corrected chi connectivity index (χ2v) is 7.30. The molecule has 8 heteroatoms. The first kappa shape index (κ1) is 21.3. The van der Waals surface area contributed by atoms with Crippen molar-refractivity contribution < 1.29 is 4.79 Å².